The first kappa shape index (κ1) is 17.2. The van der Waals surface area contributed by atoms with E-state index in [-0.39, 0.29) is 17.0 Å². The van der Waals surface area contributed by atoms with Crippen molar-refractivity contribution in [3.8, 4) is 0 Å². The molecular formula is C19H29N3O2. The number of hydrogen-bond donors (Lipinski definition) is 1. The predicted molar refractivity (Wildman–Crippen MR) is 95.2 cm³/mol. The Morgan fingerprint density at radius 1 is 1.29 bits per heavy atom. The number of H-pyrrole nitrogens is 1. The van der Waals surface area contributed by atoms with Crippen molar-refractivity contribution >= 4 is 5.91 Å². The van der Waals surface area contributed by atoms with Crippen molar-refractivity contribution in [2.24, 2.45) is 11.8 Å². The number of amides is 1. The average molecular weight is 331 g/mol. The molecule has 0 aromatic carbocycles. The van der Waals surface area contributed by atoms with Crippen LogP contribution in [0.1, 0.15) is 49.2 Å². The van der Waals surface area contributed by atoms with Crippen LogP contribution in [-0.4, -0.2) is 52.9 Å². The molecule has 1 saturated carbocycles. The van der Waals surface area contributed by atoms with Crippen LogP contribution in [0.4, 0.5) is 0 Å². The van der Waals surface area contributed by atoms with Crippen molar-refractivity contribution in [2.75, 3.05) is 26.2 Å². The van der Waals surface area contributed by atoms with E-state index < -0.39 is 0 Å². The van der Waals surface area contributed by atoms with Gasteiger partial charge < -0.3 is 9.88 Å². The molecular weight excluding hydrogens is 302 g/mol. The number of carbonyl (C=O) groups is 1. The Kier molecular flexibility index (Phi) is 5.09. The number of pyridine rings is 1. The Balaban J connectivity index is 1.77. The fraction of sp³-hybridized carbons (Fsp3) is 0.684. The quantitative estimate of drug-likeness (QED) is 0.921. The molecule has 5 heteroatoms. The maximum absolute atomic E-state index is 12.9. The van der Waals surface area contributed by atoms with Gasteiger partial charge in [0.1, 0.15) is 5.56 Å². The van der Waals surface area contributed by atoms with Gasteiger partial charge in [-0.1, -0.05) is 13.8 Å². The first-order valence-electron chi connectivity index (χ1n) is 9.19. The highest BCUT2D eigenvalue weighted by Crippen LogP contribution is 2.32. The Labute approximate surface area is 144 Å². The number of aromatic nitrogens is 1. The van der Waals surface area contributed by atoms with Crippen molar-refractivity contribution in [1.82, 2.24) is 14.8 Å². The van der Waals surface area contributed by atoms with Crippen LogP contribution in [0.15, 0.2) is 16.9 Å². The number of carbonyl (C=O) groups excluding carboxylic acids is 1. The van der Waals surface area contributed by atoms with Gasteiger partial charge in [-0.2, -0.15) is 0 Å². The van der Waals surface area contributed by atoms with Crippen molar-refractivity contribution < 1.29 is 4.79 Å². The van der Waals surface area contributed by atoms with E-state index in [1.165, 1.54) is 12.8 Å². The second-order valence-electron chi connectivity index (χ2n) is 7.74. The van der Waals surface area contributed by atoms with Crippen LogP contribution in [0.2, 0.25) is 0 Å². The summed E-state index contributed by atoms with van der Waals surface area (Å²) < 4.78 is 0. The molecule has 24 heavy (non-hydrogen) atoms. The largest absolute Gasteiger partial charge is 0.337 e. The molecule has 0 radical (unpaired) electrons. The molecule has 2 heterocycles. The molecule has 0 unspecified atom stereocenters. The van der Waals surface area contributed by atoms with Crippen LogP contribution < -0.4 is 5.56 Å². The molecule has 0 bridgehead atoms. The highest BCUT2D eigenvalue weighted by atomic mass is 16.2. The second-order valence-corrected chi connectivity index (χ2v) is 7.74. The Morgan fingerprint density at radius 2 is 2.04 bits per heavy atom. The summed E-state index contributed by atoms with van der Waals surface area (Å²) >= 11 is 0. The van der Waals surface area contributed by atoms with E-state index in [4.69, 9.17) is 0 Å². The third-order valence-corrected chi connectivity index (χ3v) is 5.28. The number of rotatable bonds is 4. The maximum atomic E-state index is 12.9. The van der Waals surface area contributed by atoms with Crippen LogP contribution in [-0.2, 0) is 0 Å². The van der Waals surface area contributed by atoms with Gasteiger partial charge in [-0.05, 0) is 50.2 Å². The molecule has 3 rings (SSSR count). The first-order chi connectivity index (χ1) is 11.5. The Hall–Kier alpha value is -1.62. The summed E-state index contributed by atoms with van der Waals surface area (Å²) in [6.07, 6.45) is 3.68. The van der Waals surface area contributed by atoms with Gasteiger partial charge in [0, 0.05) is 37.9 Å². The molecule has 1 saturated heterocycles. The zero-order valence-corrected chi connectivity index (χ0v) is 15.0. The molecule has 1 aliphatic heterocycles. The summed E-state index contributed by atoms with van der Waals surface area (Å²) in [5, 5.41) is 0. The van der Waals surface area contributed by atoms with Gasteiger partial charge in [0.05, 0.1) is 0 Å². The summed E-state index contributed by atoms with van der Waals surface area (Å²) in [6.45, 7) is 9.96. The summed E-state index contributed by atoms with van der Waals surface area (Å²) in [6, 6.07) is 3.83. The van der Waals surface area contributed by atoms with E-state index in [1.54, 1.807) is 12.1 Å². The van der Waals surface area contributed by atoms with Gasteiger partial charge in [-0.25, -0.2) is 0 Å². The number of aromatic amines is 1. The number of nitrogens with zero attached hydrogens (tertiary/aromatic N) is 2. The third-order valence-electron chi connectivity index (χ3n) is 5.28. The van der Waals surface area contributed by atoms with Crippen molar-refractivity contribution in [3.63, 3.8) is 0 Å². The molecule has 1 aromatic rings. The van der Waals surface area contributed by atoms with Gasteiger partial charge in [-0.15, -0.1) is 0 Å². The Bertz CT molecular complexity index is 648. The lowest BCUT2D eigenvalue weighted by Gasteiger charge is -2.34. The molecule has 0 spiro atoms. The fourth-order valence-electron chi connectivity index (χ4n) is 3.65. The normalized spacial score (nSPS) is 22.7. The summed E-state index contributed by atoms with van der Waals surface area (Å²) in [5.74, 6) is 1.22. The maximum Gasteiger partial charge on any atom is 0.260 e. The van der Waals surface area contributed by atoms with Gasteiger partial charge in [0.15, 0.2) is 0 Å². The summed E-state index contributed by atoms with van der Waals surface area (Å²) in [7, 11) is 0. The van der Waals surface area contributed by atoms with E-state index >= 15 is 0 Å². The topological polar surface area (TPSA) is 56.4 Å². The van der Waals surface area contributed by atoms with E-state index in [0.717, 1.165) is 44.2 Å². The van der Waals surface area contributed by atoms with Crippen LogP contribution >= 0.6 is 0 Å². The predicted octanol–water partition coefficient (Wildman–Crippen LogP) is 2.27. The minimum absolute atomic E-state index is 0.129. The summed E-state index contributed by atoms with van der Waals surface area (Å²) in [4.78, 5) is 32.2. The molecule has 1 aromatic heterocycles. The lowest BCUT2D eigenvalue weighted by atomic mass is 10.0. The van der Waals surface area contributed by atoms with Gasteiger partial charge in [0.25, 0.3) is 11.5 Å². The monoisotopic (exact) mass is 331 g/mol. The lowest BCUT2D eigenvalue weighted by molar-refractivity contribution is 0.0702. The molecule has 132 valence electrons. The highest BCUT2D eigenvalue weighted by molar-refractivity contribution is 5.93. The van der Waals surface area contributed by atoms with Gasteiger partial charge in [0.2, 0.25) is 0 Å². The van der Waals surface area contributed by atoms with Crippen LogP contribution in [0.3, 0.4) is 0 Å². The Morgan fingerprint density at radius 3 is 2.67 bits per heavy atom. The zero-order valence-electron chi connectivity index (χ0n) is 15.0. The average Bonchev–Trinajstić information content (AvgIpc) is 3.34. The fourth-order valence-corrected chi connectivity index (χ4v) is 3.65. The molecule has 2 aliphatic rings. The minimum atomic E-state index is -0.278. The number of nitrogens with one attached hydrogen (secondary N) is 1. The molecule has 1 amide bonds. The van der Waals surface area contributed by atoms with Crippen LogP contribution in [0, 0.1) is 18.8 Å². The van der Waals surface area contributed by atoms with Crippen molar-refractivity contribution in [3.05, 3.63) is 33.7 Å². The van der Waals surface area contributed by atoms with E-state index in [1.807, 2.05) is 11.8 Å². The SMILES string of the molecule is Cc1ccc(C(=O)N2CCCN(CC3CC3)[C@H](C(C)C)C2)c(=O)[nH]1. The van der Waals surface area contributed by atoms with E-state index in [0.29, 0.717) is 12.0 Å². The number of aryl methyl sites for hydroxylation is 1. The second kappa shape index (κ2) is 7.09. The first-order valence-corrected chi connectivity index (χ1v) is 9.19. The standard InChI is InChI=1S/C19H29N3O2/c1-13(2)17-12-22(10-4-9-21(17)11-15-6-7-15)19(24)16-8-5-14(3)20-18(16)23/h5,8,13,15,17H,4,6-7,9-12H2,1-3H3,(H,20,23)/t17-/m0/s1. The van der Waals surface area contributed by atoms with E-state index in [2.05, 4.69) is 23.7 Å². The minimum Gasteiger partial charge on any atom is -0.337 e. The van der Waals surface area contributed by atoms with Gasteiger partial charge >= 0.3 is 0 Å². The molecule has 2 fully saturated rings. The van der Waals surface area contributed by atoms with Crippen molar-refractivity contribution in [2.45, 2.75) is 46.1 Å². The molecule has 1 aliphatic carbocycles. The van der Waals surface area contributed by atoms with Crippen molar-refractivity contribution in [1.29, 1.82) is 0 Å². The molecule has 5 nitrogen and oxygen atoms in total. The third kappa shape index (κ3) is 3.89. The smallest absolute Gasteiger partial charge is 0.260 e. The van der Waals surface area contributed by atoms with E-state index in [9.17, 15) is 9.59 Å². The summed E-state index contributed by atoms with van der Waals surface area (Å²) in [5.41, 5.74) is 0.766. The number of hydrogen-bond acceptors (Lipinski definition) is 3. The lowest BCUT2D eigenvalue weighted by Crippen LogP contribution is -2.47. The highest BCUT2D eigenvalue weighted by Gasteiger charge is 2.33. The molecule has 1 atom stereocenters. The van der Waals surface area contributed by atoms with Crippen LogP contribution in [0.25, 0.3) is 0 Å². The molecule has 1 N–H and O–H groups in total. The zero-order chi connectivity index (χ0) is 17.3. The van der Waals surface area contributed by atoms with Crippen LogP contribution in [0.5, 0.6) is 0 Å². The van der Waals surface area contributed by atoms with Gasteiger partial charge in [-0.3, -0.25) is 14.5 Å².